The van der Waals surface area contributed by atoms with Crippen LogP contribution in [0.15, 0.2) is 12.1 Å². The van der Waals surface area contributed by atoms with Crippen molar-refractivity contribution >= 4 is 17.6 Å². The van der Waals surface area contributed by atoms with Gasteiger partial charge in [-0.2, -0.15) is 0 Å². The molecule has 0 aliphatic heterocycles. The number of hydrogen-bond donors (Lipinski definition) is 1. The third-order valence-electron chi connectivity index (χ3n) is 3.00. The standard InChI is InChI=1S/C14H20N2O5/c1-5-16(2)13(17)8-21-14(18)9-6-11(19-3)12(20-4)7-10(9)15/h6-7H,5,8,15H2,1-4H3. The topological polar surface area (TPSA) is 91.1 Å². The van der Waals surface area contributed by atoms with Crippen LogP contribution in [0.3, 0.4) is 0 Å². The van der Waals surface area contributed by atoms with Gasteiger partial charge in [0.1, 0.15) is 0 Å². The molecule has 1 aromatic rings. The number of methoxy groups -OCH3 is 2. The van der Waals surface area contributed by atoms with Crippen molar-refractivity contribution in [3.63, 3.8) is 0 Å². The van der Waals surface area contributed by atoms with Crippen LogP contribution in [0.2, 0.25) is 0 Å². The number of anilines is 1. The molecule has 116 valence electrons. The number of amides is 1. The van der Waals surface area contributed by atoms with Crippen molar-refractivity contribution in [3.8, 4) is 11.5 Å². The van der Waals surface area contributed by atoms with Crippen LogP contribution in [0.4, 0.5) is 5.69 Å². The Morgan fingerprint density at radius 2 is 1.76 bits per heavy atom. The summed E-state index contributed by atoms with van der Waals surface area (Å²) < 4.78 is 15.1. The number of nitrogens with two attached hydrogens (primary N) is 1. The first-order valence-corrected chi connectivity index (χ1v) is 6.37. The van der Waals surface area contributed by atoms with E-state index in [1.165, 1.54) is 31.3 Å². The summed E-state index contributed by atoms with van der Waals surface area (Å²) in [6, 6.07) is 2.89. The van der Waals surface area contributed by atoms with E-state index in [-0.39, 0.29) is 23.8 Å². The number of rotatable bonds is 6. The van der Waals surface area contributed by atoms with Crippen LogP contribution >= 0.6 is 0 Å². The second-order valence-electron chi connectivity index (χ2n) is 4.28. The maximum Gasteiger partial charge on any atom is 0.340 e. The van der Waals surface area contributed by atoms with Crippen LogP contribution in [0.25, 0.3) is 0 Å². The van der Waals surface area contributed by atoms with Gasteiger partial charge in [0.2, 0.25) is 0 Å². The van der Waals surface area contributed by atoms with E-state index in [9.17, 15) is 9.59 Å². The van der Waals surface area contributed by atoms with Crippen molar-refractivity contribution in [1.82, 2.24) is 4.90 Å². The van der Waals surface area contributed by atoms with Crippen molar-refractivity contribution in [1.29, 1.82) is 0 Å². The molecule has 0 atom stereocenters. The predicted molar refractivity (Wildman–Crippen MR) is 77.6 cm³/mol. The highest BCUT2D eigenvalue weighted by Gasteiger charge is 2.18. The van der Waals surface area contributed by atoms with Gasteiger partial charge in [0.25, 0.3) is 5.91 Å². The molecule has 7 heteroatoms. The highest BCUT2D eigenvalue weighted by Crippen LogP contribution is 2.32. The van der Waals surface area contributed by atoms with E-state index in [2.05, 4.69) is 0 Å². The number of nitrogen functional groups attached to an aromatic ring is 1. The quantitative estimate of drug-likeness (QED) is 0.620. The van der Waals surface area contributed by atoms with Gasteiger partial charge >= 0.3 is 5.97 Å². The molecule has 1 amide bonds. The molecule has 0 spiro atoms. The lowest BCUT2D eigenvalue weighted by Gasteiger charge is -2.15. The summed E-state index contributed by atoms with van der Waals surface area (Å²) in [6.45, 7) is 2.03. The Balaban J connectivity index is 2.85. The summed E-state index contributed by atoms with van der Waals surface area (Å²) in [4.78, 5) is 25.0. The van der Waals surface area contributed by atoms with Gasteiger partial charge in [0, 0.05) is 25.7 Å². The zero-order valence-electron chi connectivity index (χ0n) is 12.6. The van der Waals surface area contributed by atoms with Crippen molar-refractivity contribution in [2.45, 2.75) is 6.92 Å². The molecule has 2 N–H and O–H groups in total. The zero-order valence-corrected chi connectivity index (χ0v) is 12.6. The monoisotopic (exact) mass is 296 g/mol. The summed E-state index contributed by atoms with van der Waals surface area (Å²) in [5, 5.41) is 0. The lowest BCUT2D eigenvalue weighted by atomic mass is 10.1. The molecule has 0 unspecified atom stereocenters. The Morgan fingerprint density at radius 1 is 1.19 bits per heavy atom. The second-order valence-corrected chi connectivity index (χ2v) is 4.28. The first-order chi connectivity index (χ1) is 9.94. The van der Waals surface area contributed by atoms with E-state index in [1.54, 1.807) is 7.05 Å². The third kappa shape index (κ3) is 4.01. The number of hydrogen-bond acceptors (Lipinski definition) is 6. The molecular formula is C14H20N2O5. The average Bonchev–Trinajstić information content (AvgIpc) is 2.50. The molecule has 0 radical (unpaired) electrons. The van der Waals surface area contributed by atoms with Crippen molar-refractivity contribution in [3.05, 3.63) is 17.7 Å². The highest BCUT2D eigenvalue weighted by molar-refractivity contribution is 5.97. The summed E-state index contributed by atoms with van der Waals surface area (Å²) >= 11 is 0. The Kier molecular flexibility index (Phi) is 5.83. The number of esters is 1. The maximum atomic E-state index is 12.0. The summed E-state index contributed by atoms with van der Waals surface area (Å²) in [6.07, 6.45) is 0. The van der Waals surface area contributed by atoms with Crippen molar-refractivity contribution in [2.75, 3.05) is 40.2 Å². The Labute approximate surface area is 123 Å². The van der Waals surface area contributed by atoms with Gasteiger partial charge in [-0.25, -0.2) is 4.79 Å². The summed E-state index contributed by atoms with van der Waals surface area (Å²) in [7, 11) is 4.54. The van der Waals surface area contributed by atoms with E-state index in [4.69, 9.17) is 19.9 Å². The summed E-state index contributed by atoms with van der Waals surface area (Å²) in [5.41, 5.74) is 6.10. The Hall–Kier alpha value is -2.44. The van der Waals surface area contributed by atoms with E-state index >= 15 is 0 Å². The van der Waals surface area contributed by atoms with Crippen LogP contribution in [-0.2, 0) is 9.53 Å². The number of carbonyl (C=O) groups excluding carboxylic acids is 2. The van der Waals surface area contributed by atoms with Crippen molar-refractivity contribution < 1.29 is 23.8 Å². The summed E-state index contributed by atoms with van der Waals surface area (Å²) in [5.74, 6) is -0.208. The minimum Gasteiger partial charge on any atom is -0.493 e. The fourth-order valence-corrected chi connectivity index (χ4v) is 1.56. The number of likely N-dealkylation sites (N-methyl/N-ethyl adjacent to an activating group) is 1. The van der Waals surface area contributed by atoms with Gasteiger partial charge in [-0.15, -0.1) is 0 Å². The highest BCUT2D eigenvalue weighted by atomic mass is 16.5. The lowest BCUT2D eigenvalue weighted by Crippen LogP contribution is -2.31. The Morgan fingerprint density at radius 3 is 2.29 bits per heavy atom. The van der Waals surface area contributed by atoms with Gasteiger partial charge < -0.3 is 24.8 Å². The number of benzene rings is 1. The van der Waals surface area contributed by atoms with Crippen molar-refractivity contribution in [2.24, 2.45) is 0 Å². The molecule has 0 fully saturated rings. The van der Waals surface area contributed by atoms with Crippen LogP contribution < -0.4 is 15.2 Å². The third-order valence-corrected chi connectivity index (χ3v) is 3.00. The maximum absolute atomic E-state index is 12.0. The van der Waals surface area contributed by atoms with Gasteiger partial charge in [0.15, 0.2) is 18.1 Å². The number of carbonyl (C=O) groups is 2. The molecule has 0 heterocycles. The van der Waals surface area contributed by atoms with E-state index in [1.807, 2.05) is 6.92 Å². The first-order valence-electron chi connectivity index (χ1n) is 6.37. The molecule has 21 heavy (non-hydrogen) atoms. The molecule has 0 bridgehead atoms. The minimum atomic E-state index is -0.689. The van der Waals surface area contributed by atoms with Gasteiger partial charge in [0.05, 0.1) is 25.5 Å². The minimum absolute atomic E-state index is 0.125. The molecule has 0 aromatic heterocycles. The number of nitrogens with zero attached hydrogens (tertiary/aromatic N) is 1. The first kappa shape index (κ1) is 16.6. The van der Waals surface area contributed by atoms with Crippen LogP contribution in [0, 0.1) is 0 Å². The Bertz CT molecular complexity index is 530. The fraction of sp³-hybridized carbons (Fsp3) is 0.429. The number of ether oxygens (including phenoxy) is 3. The smallest absolute Gasteiger partial charge is 0.340 e. The average molecular weight is 296 g/mol. The lowest BCUT2D eigenvalue weighted by molar-refractivity contribution is -0.133. The van der Waals surface area contributed by atoms with Gasteiger partial charge in [-0.1, -0.05) is 0 Å². The SMILES string of the molecule is CCN(C)C(=O)COC(=O)c1cc(OC)c(OC)cc1N. The molecule has 0 aliphatic rings. The molecular weight excluding hydrogens is 276 g/mol. The fourth-order valence-electron chi connectivity index (χ4n) is 1.56. The zero-order chi connectivity index (χ0) is 16.0. The van der Waals surface area contributed by atoms with E-state index in [0.717, 1.165) is 0 Å². The van der Waals surface area contributed by atoms with Crippen LogP contribution in [0.1, 0.15) is 17.3 Å². The van der Waals surface area contributed by atoms with E-state index in [0.29, 0.717) is 18.0 Å². The molecule has 1 rings (SSSR count). The molecule has 0 aliphatic carbocycles. The molecule has 7 nitrogen and oxygen atoms in total. The largest absolute Gasteiger partial charge is 0.493 e. The predicted octanol–water partition coefficient (Wildman–Crippen LogP) is 0.921. The van der Waals surface area contributed by atoms with Crippen LogP contribution in [-0.4, -0.2) is 51.2 Å². The van der Waals surface area contributed by atoms with Gasteiger partial charge in [-0.05, 0) is 6.92 Å². The molecule has 1 aromatic carbocycles. The van der Waals surface area contributed by atoms with Gasteiger partial charge in [-0.3, -0.25) is 4.79 Å². The normalized spacial score (nSPS) is 9.90. The van der Waals surface area contributed by atoms with E-state index < -0.39 is 5.97 Å². The second kappa shape index (κ2) is 7.37. The molecule has 0 saturated heterocycles. The van der Waals surface area contributed by atoms with Crippen LogP contribution in [0.5, 0.6) is 11.5 Å². The molecule has 0 saturated carbocycles.